The molecule has 4 fully saturated rings. The summed E-state index contributed by atoms with van der Waals surface area (Å²) in [4.78, 5) is 9.35. The second-order valence-corrected chi connectivity index (χ2v) is 9.08. The van der Waals surface area contributed by atoms with Gasteiger partial charge in [-0.1, -0.05) is 0 Å². The molecule has 5 rings (SSSR count). The van der Waals surface area contributed by atoms with Gasteiger partial charge in [0.2, 0.25) is 0 Å². The maximum Gasteiger partial charge on any atom is 0.133 e. The van der Waals surface area contributed by atoms with Gasteiger partial charge in [-0.3, -0.25) is 4.99 Å². The molecule has 4 bridgehead atoms. The average Bonchev–Trinajstić information content (AvgIpc) is 2.93. The van der Waals surface area contributed by atoms with Gasteiger partial charge in [-0.15, -0.1) is 11.3 Å². The number of thiazole rings is 1. The number of hydrogen-bond acceptors (Lipinski definition) is 4. The Kier molecular flexibility index (Phi) is 3.80. The molecule has 0 spiro atoms. The van der Waals surface area contributed by atoms with E-state index >= 15 is 0 Å². The summed E-state index contributed by atoms with van der Waals surface area (Å²) in [5.41, 5.74) is 1.41. The fraction of sp³-hybridized carbons (Fsp3) is 0.737. The van der Waals surface area contributed by atoms with Gasteiger partial charge in [0.1, 0.15) is 10.9 Å². The molecule has 1 heterocycles. The summed E-state index contributed by atoms with van der Waals surface area (Å²) in [6.07, 6.45) is 10.4. The van der Waals surface area contributed by atoms with Crippen LogP contribution >= 0.6 is 11.3 Å². The Labute approximate surface area is 142 Å². The van der Waals surface area contributed by atoms with E-state index in [-0.39, 0.29) is 5.92 Å². The van der Waals surface area contributed by atoms with Gasteiger partial charge in [-0.2, -0.15) is 5.26 Å². The maximum absolute atomic E-state index is 9.46. The van der Waals surface area contributed by atoms with Crippen molar-refractivity contribution in [3.8, 4) is 6.07 Å². The number of rotatable bonds is 4. The minimum absolute atomic E-state index is 0.287. The number of hydrogen-bond donors (Lipinski definition) is 0. The lowest BCUT2D eigenvalue weighted by Gasteiger charge is -2.58. The van der Waals surface area contributed by atoms with E-state index in [0.29, 0.717) is 11.5 Å². The van der Waals surface area contributed by atoms with Crippen molar-refractivity contribution >= 4 is 17.6 Å². The Morgan fingerprint density at radius 2 is 1.91 bits per heavy atom. The molecule has 0 radical (unpaired) electrons. The molecule has 4 heteroatoms. The molecule has 4 saturated carbocycles. The lowest BCUT2D eigenvalue weighted by molar-refractivity contribution is -0.0632. The summed E-state index contributed by atoms with van der Waals surface area (Å²) in [5, 5.41) is 12.4. The van der Waals surface area contributed by atoms with Crippen molar-refractivity contribution < 1.29 is 0 Å². The number of aryl methyl sites for hydroxylation is 1. The van der Waals surface area contributed by atoms with E-state index in [2.05, 4.69) is 18.0 Å². The number of aromatic nitrogens is 1. The molecule has 0 aliphatic heterocycles. The highest BCUT2D eigenvalue weighted by Gasteiger charge is 2.53. The van der Waals surface area contributed by atoms with E-state index in [1.54, 1.807) is 11.3 Å². The van der Waals surface area contributed by atoms with E-state index in [9.17, 15) is 5.26 Å². The predicted octanol–water partition coefficient (Wildman–Crippen LogP) is 4.73. The standard InChI is InChI=1S/C19H25N3S/c1-12-11-23-18(22-12)17(9-20)10-21-13(2)19-6-14-3-15(7-19)5-16(4-14)8-19/h10-11,13-17H,3-8H2,1-2H3/t13-,14?,15?,16?,17+,19?/m1/s1. The largest absolute Gasteiger partial charge is 0.292 e. The molecule has 0 saturated heterocycles. The van der Waals surface area contributed by atoms with Gasteiger partial charge < -0.3 is 0 Å². The van der Waals surface area contributed by atoms with Gasteiger partial charge in [0.05, 0.1) is 12.1 Å². The Bertz CT molecular complexity index is 619. The zero-order valence-electron chi connectivity index (χ0n) is 14.0. The highest BCUT2D eigenvalue weighted by molar-refractivity contribution is 7.09. The monoisotopic (exact) mass is 327 g/mol. The molecule has 0 N–H and O–H groups in total. The normalized spacial score (nSPS) is 37.9. The number of aliphatic imine (C=N–C) groups is 1. The zero-order valence-corrected chi connectivity index (χ0v) is 14.9. The molecular formula is C19H25N3S. The Balaban J connectivity index is 1.51. The van der Waals surface area contributed by atoms with Crippen LogP contribution < -0.4 is 0 Å². The van der Waals surface area contributed by atoms with Crippen LogP contribution in [0.2, 0.25) is 0 Å². The van der Waals surface area contributed by atoms with Crippen LogP contribution in [0.4, 0.5) is 0 Å². The van der Waals surface area contributed by atoms with Crippen LogP contribution in [-0.4, -0.2) is 17.2 Å². The van der Waals surface area contributed by atoms with Crippen molar-refractivity contribution in [3.63, 3.8) is 0 Å². The third-order valence-electron chi connectivity index (χ3n) is 6.47. The van der Waals surface area contributed by atoms with E-state index in [0.717, 1.165) is 28.5 Å². The SMILES string of the molecule is Cc1csc([C@@H](C#N)C=N[C@H](C)C23CC4CC(CC(C4)C2)C3)n1. The summed E-state index contributed by atoms with van der Waals surface area (Å²) in [5.74, 6) is 2.57. The second kappa shape index (κ2) is 5.70. The minimum Gasteiger partial charge on any atom is -0.292 e. The molecule has 0 aromatic carbocycles. The molecule has 122 valence electrons. The van der Waals surface area contributed by atoms with Crippen LogP contribution in [0.3, 0.4) is 0 Å². The first-order valence-electron chi connectivity index (χ1n) is 8.93. The first-order valence-corrected chi connectivity index (χ1v) is 9.81. The summed E-state index contributed by atoms with van der Waals surface area (Å²) in [6, 6.07) is 2.70. The molecule has 23 heavy (non-hydrogen) atoms. The fourth-order valence-corrected chi connectivity index (χ4v) is 6.53. The van der Waals surface area contributed by atoms with Crippen LogP contribution in [0, 0.1) is 41.4 Å². The first kappa shape index (κ1) is 15.3. The smallest absolute Gasteiger partial charge is 0.133 e. The molecule has 4 aliphatic rings. The highest BCUT2D eigenvalue weighted by Crippen LogP contribution is 2.61. The summed E-state index contributed by atoms with van der Waals surface area (Å²) >= 11 is 1.57. The molecule has 0 unspecified atom stereocenters. The van der Waals surface area contributed by atoms with Crippen LogP contribution in [0.5, 0.6) is 0 Å². The Morgan fingerprint density at radius 1 is 1.30 bits per heavy atom. The highest BCUT2D eigenvalue weighted by atomic mass is 32.1. The summed E-state index contributed by atoms with van der Waals surface area (Å²) < 4.78 is 0. The van der Waals surface area contributed by atoms with E-state index in [1.165, 1.54) is 38.5 Å². The van der Waals surface area contributed by atoms with Crippen molar-refractivity contribution in [1.82, 2.24) is 4.98 Å². The van der Waals surface area contributed by atoms with E-state index in [4.69, 9.17) is 4.99 Å². The van der Waals surface area contributed by atoms with Gasteiger partial charge in [-0.05, 0) is 75.5 Å². The second-order valence-electron chi connectivity index (χ2n) is 8.19. The van der Waals surface area contributed by atoms with Gasteiger partial charge >= 0.3 is 0 Å². The van der Waals surface area contributed by atoms with Crippen molar-refractivity contribution in [3.05, 3.63) is 16.1 Å². The third kappa shape index (κ3) is 2.74. The Morgan fingerprint density at radius 3 is 2.39 bits per heavy atom. The molecule has 3 nitrogen and oxygen atoms in total. The molecule has 0 amide bonds. The number of nitriles is 1. The zero-order chi connectivity index (χ0) is 16.0. The van der Waals surface area contributed by atoms with Crippen LogP contribution in [-0.2, 0) is 0 Å². The lowest BCUT2D eigenvalue weighted by atomic mass is 9.48. The topological polar surface area (TPSA) is 49.0 Å². The minimum atomic E-state index is -0.287. The van der Waals surface area contributed by atoms with Gasteiger partial charge in [0.25, 0.3) is 0 Å². The first-order chi connectivity index (χ1) is 11.1. The van der Waals surface area contributed by atoms with Crippen LogP contribution in [0.25, 0.3) is 0 Å². The number of nitrogens with zero attached hydrogens (tertiary/aromatic N) is 3. The maximum atomic E-state index is 9.46. The van der Waals surface area contributed by atoms with Crippen molar-refractivity contribution in [1.29, 1.82) is 5.26 Å². The molecular weight excluding hydrogens is 302 g/mol. The van der Waals surface area contributed by atoms with Crippen molar-refractivity contribution in [2.75, 3.05) is 0 Å². The van der Waals surface area contributed by atoms with Gasteiger partial charge in [0, 0.05) is 17.3 Å². The predicted molar refractivity (Wildman–Crippen MR) is 93.8 cm³/mol. The fourth-order valence-electron chi connectivity index (χ4n) is 5.73. The molecule has 4 aliphatic carbocycles. The lowest BCUT2D eigenvalue weighted by Crippen LogP contribution is -2.50. The van der Waals surface area contributed by atoms with Crippen molar-refractivity contribution in [2.45, 2.75) is 64.3 Å². The molecule has 2 atom stereocenters. The van der Waals surface area contributed by atoms with Crippen molar-refractivity contribution in [2.24, 2.45) is 28.2 Å². The van der Waals surface area contributed by atoms with Gasteiger partial charge in [0.15, 0.2) is 0 Å². The summed E-state index contributed by atoms with van der Waals surface area (Å²) in [7, 11) is 0. The van der Waals surface area contributed by atoms with E-state index < -0.39 is 0 Å². The van der Waals surface area contributed by atoms with E-state index in [1.807, 2.05) is 18.5 Å². The quantitative estimate of drug-likeness (QED) is 0.750. The summed E-state index contributed by atoms with van der Waals surface area (Å²) in [6.45, 7) is 4.26. The third-order valence-corrected chi connectivity index (χ3v) is 7.52. The van der Waals surface area contributed by atoms with Gasteiger partial charge in [-0.25, -0.2) is 4.98 Å². The average molecular weight is 327 g/mol. The molecule has 1 aromatic heterocycles. The van der Waals surface area contributed by atoms with Crippen LogP contribution in [0.15, 0.2) is 10.4 Å². The Hall–Kier alpha value is -1.21. The van der Waals surface area contributed by atoms with Crippen LogP contribution in [0.1, 0.15) is 62.1 Å². The molecule has 1 aromatic rings.